The standard InChI is InChI=1S/C22H21ClFN5O/c23-14-1-4-16(17(24)11-14)20(30)13-6-9-29(10-7-13)22-21(26-15-2-3-15)27-18-5-8-25-12-19(18)28-22/h1,4-5,8,11-13,15H,2-3,6-7,9-10H2,(H,26,27). The Morgan fingerprint density at radius 3 is 2.63 bits per heavy atom. The highest BCUT2D eigenvalue weighted by molar-refractivity contribution is 6.30. The summed E-state index contributed by atoms with van der Waals surface area (Å²) in [5, 5.41) is 3.77. The third-order valence-corrected chi connectivity index (χ3v) is 5.96. The van der Waals surface area contributed by atoms with Crippen LogP contribution in [0.3, 0.4) is 0 Å². The molecule has 5 rings (SSSR count). The fraction of sp³-hybridized carbons (Fsp3) is 0.364. The minimum absolute atomic E-state index is 0.116. The van der Waals surface area contributed by atoms with Crippen molar-refractivity contribution in [3.8, 4) is 0 Å². The monoisotopic (exact) mass is 425 g/mol. The lowest BCUT2D eigenvalue weighted by Gasteiger charge is -2.33. The molecule has 1 aromatic carbocycles. The number of benzene rings is 1. The van der Waals surface area contributed by atoms with Gasteiger partial charge in [0.15, 0.2) is 17.4 Å². The molecule has 30 heavy (non-hydrogen) atoms. The fourth-order valence-electron chi connectivity index (χ4n) is 3.90. The summed E-state index contributed by atoms with van der Waals surface area (Å²) < 4.78 is 14.2. The average Bonchev–Trinajstić information content (AvgIpc) is 3.57. The van der Waals surface area contributed by atoms with E-state index in [-0.39, 0.29) is 17.3 Å². The number of nitrogens with one attached hydrogen (secondary N) is 1. The van der Waals surface area contributed by atoms with Crippen molar-refractivity contribution in [1.82, 2.24) is 15.0 Å². The molecule has 3 aromatic rings. The molecular weight excluding hydrogens is 405 g/mol. The third-order valence-electron chi connectivity index (χ3n) is 5.73. The number of anilines is 2. The summed E-state index contributed by atoms with van der Waals surface area (Å²) in [7, 11) is 0. The first-order chi connectivity index (χ1) is 14.6. The summed E-state index contributed by atoms with van der Waals surface area (Å²) in [6.45, 7) is 1.32. The van der Waals surface area contributed by atoms with Crippen LogP contribution in [0.5, 0.6) is 0 Å². The average molecular weight is 426 g/mol. The molecule has 1 aliphatic heterocycles. The van der Waals surface area contributed by atoms with E-state index >= 15 is 0 Å². The molecule has 2 aliphatic rings. The topological polar surface area (TPSA) is 71.0 Å². The van der Waals surface area contributed by atoms with E-state index in [1.807, 2.05) is 6.07 Å². The van der Waals surface area contributed by atoms with Crippen LogP contribution in [-0.2, 0) is 0 Å². The van der Waals surface area contributed by atoms with E-state index in [1.54, 1.807) is 18.5 Å². The third kappa shape index (κ3) is 3.81. The molecule has 1 saturated carbocycles. The molecule has 0 radical (unpaired) electrons. The number of nitrogens with zero attached hydrogens (tertiary/aromatic N) is 4. The van der Waals surface area contributed by atoms with Crippen molar-refractivity contribution in [3.05, 3.63) is 53.1 Å². The maximum atomic E-state index is 14.2. The van der Waals surface area contributed by atoms with Gasteiger partial charge in [0.2, 0.25) is 0 Å². The van der Waals surface area contributed by atoms with Crippen molar-refractivity contribution in [2.45, 2.75) is 31.7 Å². The molecule has 0 unspecified atom stereocenters. The summed E-state index contributed by atoms with van der Waals surface area (Å²) >= 11 is 5.81. The number of carbonyl (C=O) groups excluding carboxylic acids is 1. The first-order valence-electron chi connectivity index (χ1n) is 10.2. The number of aromatic nitrogens is 3. The first-order valence-corrected chi connectivity index (χ1v) is 10.6. The molecule has 6 nitrogen and oxygen atoms in total. The van der Waals surface area contributed by atoms with Crippen LogP contribution < -0.4 is 10.2 Å². The highest BCUT2D eigenvalue weighted by Crippen LogP contribution is 2.33. The summed E-state index contributed by atoms with van der Waals surface area (Å²) in [5.41, 5.74) is 1.67. The van der Waals surface area contributed by atoms with Gasteiger partial charge in [-0.1, -0.05) is 11.6 Å². The van der Waals surface area contributed by atoms with Gasteiger partial charge in [0.05, 0.1) is 17.3 Å². The summed E-state index contributed by atoms with van der Waals surface area (Å²) in [4.78, 5) is 28.7. The lowest BCUT2D eigenvalue weighted by Crippen LogP contribution is -2.37. The number of pyridine rings is 1. The predicted octanol–water partition coefficient (Wildman–Crippen LogP) is 4.49. The van der Waals surface area contributed by atoms with E-state index in [1.165, 1.54) is 12.1 Å². The van der Waals surface area contributed by atoms with Gasteiger partial charge in [-0.2, -0.15) is 0 Å². The molecule has 2 fully saturated rings. The molecular formula is C22H21ClFN5O. The van der Waals surface area contributed by atoms with Gasteiger partial charge < -0.3 is 10.2 Å². The van der Waals surface area contributed by atoms with Gasteiger partial charge in [0.1, 0.15) is 11.3 Å². The van der Waals surface area contributed by atoms with Gasteiger partial charge in [-0.15, -0.1) is 0 Å². The van der Waals surface area contributed by atoms with Crippen LogP contribution in [0.2, 0.25) is 5.02 Å². The van der Waals surface area contributed by atoms with Gasteiger partial charge in [-0.3, -0.25) is 9.78 Å². The van der Waals surface area contributed by atoms with Crippen LogP contribution in [-0.4, -0.2) is 39.9 Å². The Hall–Kier alpha value is -2.80. The van der Waals surface area contributed by atoms with E-state index in [0.29, 0.717) is 37.0 Å². The predicted molar refractivity (Wildman–Crippen MR) is 115 cm³/mol. The highest BCUT2D eigenvalue weighted by atomic mass is 35.5. The van der Waals surface area contributed by atoms with E-state index in [0.717, 1.165) is 35.5 Å². The molecule has 3 heterocycles. The lowest BCUT2D eigenvalue weighted by atomic mass is 9.88. The van der Waals surface area contributed by atoms with E-state index in [9.17, 15) is 9.18 Å². The van der Waals surface area contributed by atoms with Crippen molar-refractivity contribution in [3.63, 3.8) is 0 Å². The first kappa shape index (κ1) is 19.2. The zero-order valence-electron chi connectivity index (χ0n) is 16.3. The molecule has 154 valence electrons. The molecule has 0 atom stereocenters. The van der Waals surface area contributed by atoms with Crippen LogP contribution in [0.1, 0.15) is 36.0 Å². The molecule has 1 N–H and O–H groups in total. The largest absolute Gasteiger partial charge is 0.364 e. The van der Waals surface area contributed by atoms with Gasteiger partial charge in [-0.25, -0.2) is 14.4 Å². The number of halogens is 2. The smallest absolute Gasteiger partial charge is 0.172 e. The number of fused-ring (bicyclic) bond motifs is 1. The zero-order valence-corrected chi connectivity index (χ0v) is 17.1. The SMILES string of the molecule is O=C(c1ccc(Cl)cc1F)C1CCN(c2nc3cnccc3nc2NC2CC2)CC1. The summed E-state index contributed by atoms with van der Waals surface area (Å²) in [6, 6.07) is 6.53. The second-order valence-corrected chi connectivity index (χ2v) is 8.36. The second kappa shape index (κ2) is 7.80. The van der Waals surface area contributed by atoms with Crippen LogP contribution in [0, 0.1) is 11.7 Å². The Kier molecular flexibility index (Phi) is 4.98. The van der Waals surface area contributed by atoms with Crippen molar-refractivity contribution in [2.75, 3.05) is 23.3 Å². The number of hydrogen-bond donors (Lipinski definition) is 1. The van der Waals surface area contributed by atoms with E-state index in [4.69, 9.17) is 21.6 Å². The van der Waals surface area contributed by atoms with Crippen LogP contribution in [0.4, 0.5) is 16.0 Å². The lowest BCUT2D eigenvalue weighted by molar-refractivity contribution is 0.0896. The Morgan fingerprint density at radius 2 is 1.90 bits per heavy atom. The number of rotatable bonds is 5. The minimum Gasteiger partial charge on any atom is -0.364 e. The zero-order chi connectivity index (χ0) is 20.7. The molecule has 0 spiro atoms. The van der Waals surface area contributed by atoms with Crippen molar-refractivity contribution in [1.29, 1.82) is 0 Å². The number of ketones is 1. The summed E-state index contributed by atoms with van der Waals surface area (Å²) in [6.07, 6.45) is 6.97. The summed E-state index contributed by atoms with van der Waals surface area (Å²) in [5.74, 6) is 0.648. The van der Waals surface area contributed by atoms with Gasteiger partial charge in [0.25, 0.3) is 0 Å². The Labute approximate surface area is 178 Å². The quantitative estimate of drug-likeness (QED) is 0.607. The van der Waals surface area contributed by atoms with Crippen LogP contribution in [0.25, 0.3) is 11.0 Å². The van der Waals surface area contributed by atoms with E-state index < -0.39 is 5.82 Å². The van der Waals surface area contributed by atoms with Gasteiger partial charge >= 0.3 is 0 Å². The molecule has 0 amide bonds. The molecule has 8 heteroatoms. The van der Waals surface area contributed by atoms with E-state index in [2.05, 4.69) is 15.2 Å². The normalized spacial score (nSPS) is 17.3. The Bertz CT molecular complexity index is 1110. The van der Waals surface area contributed by atoms with Crippen LogP contribution >= 0.6 is 11.6 Å². The maximum absolute atomic E-state index is 14.2. The van der Waals surface area contributed by atoms with Crippen molar-refractivity contribution >= 4 is 40.1 Å². The second-order valence-electron chi connectivity index (χ2n) is 7.93. The number of Topliss-reactive ketones (excluding diaryl/α,β-unsaturated/α-hetero) is 1. The van der Waals surface area contributed by atoms with Crippen LogP contribution in [0.15, 0.2) is 36.7 Å². The molecule has 0 bridgehead atoms. The molecule has 1 saturated heterocycles. The Balaban J connectivity index is 1.36. The highest BCUT2D eigenvalue weighted by Gasteiger charge is 2.30. The number of carbonyl (C=O) groups is 1. The fourth-order valence-corrected chi connectivity index (χ4v) is 4.06. The number of hydrogen-bond acceptors (Lipinski definition) is 6. The van der Waals surface area contributed by atoms with Crippen molar-refractivity contribution < 1.29 is 9.18 Å². The Morgan fingerprint density at radius 1 is 1.10 bits per heavy atom. The molecule has 2 aromatic heterocycles. The number of piperidine rings is 1. The van der Waals surface area contributed by atoms with Gasteiger partial charge in [0, 0.05) is 36.3 Å². The van der Waals surface area contributed by atoms with Crippen molar-refractivity contribution in [2.24, 2.45) is 5.92 Å². The minimum atomic E-state index is -0.557. The van der Waals surface area contributed by atoms with Gasteiger partial charge in [-0.05, 0) is 49.9 Å². The molecule has 1 aliphatic carbocycles. The maximum Gasteiger partial charge on any atom is 0.172 e.